The fourth-order valence-corrected chi connectivity index (χ4v) is 4.98. The molecule has 0 bridgehead atoms. The monoisotopic (exact) mass is 437 g/mol. The van der Waals surface area contributed by atoms with Crippen molar-refractivity contribution in [1.29, 1.82) is 0 Å². The summed E-state index contributed by atoms with van der Waals surface area (Å²) in [7, 11) is 0. The summed E-state index contributed by atoms with van der Waals surface area (Å²) in [5.41, 5.74) is 4.17. The smallest absolute Gasteiger partial charge is 0.233 e. The van der Waals surface area contributed by atoms with Crippen LogP contribution >= 0.6 is 11.3 Å². The number of rotatable bonds is 6. The predicted molar refractivity (Wildman–Crippen MR) is 132 cm³/mol. The number of aromatic nitrogens is 2. The molecule has 4 nitrogen and oxygen atoms in total. The molecule has 0 radical (unpaired) electrons. The minimum Gasteiger partial charge on any atom is -0.283 e. The van der Waals surface area contributed by atoms with Gasteiger partial charge in [-0.1, -0.05) is 78.9 Å². The van der Waals surface area contributed by atoms with Crippen LogP contribution in [0, 0.1) is 0 Å². The van der Waals surface area contributed by atoms with Gasteiger partial charge in [0.05, 0.1) is 23.2 Å². The quantitative estimate of drug-likeness (QED) is 0.318. The van der Waals surface area contributed by atoms with E-state index < -0.39 is 0 Å². The Bertz CT molecular complexity index is 1390. The molecule has 0 spiro atoms. The Morgan fingerprint density at radius 3 is 2.62 bits per heavy atom. The van der Waals surface area contributed by atoms with Gasteiger partial charge < -0.3 is 0 Å². The summed E-state index contributed by atoms with van der Waals surface area (Å²) < 4.78 is 1.11. The van der Waals surface area contributed by atoms with Crippen molar-refractivity contribution in [1.82, 2.24) is 9.97 Å². The number of aryl methyl sites for hydroxylation is 1. The first-order chi connectivity index (χ1) is 15.7. The number of hydrogen-bond acceptors (Lipinski definition) is 4. The molecule has 0 aliphatic carbocycles. The lowest BCUT2D eigenvalue weighted by Crippen LogP contribution is -2.31. The molecular formula is C27H23N3OS. The molecule has 1 amide bonds. The van der Waals surface area contributed by atoms with Gasteiger partial charge in [-0.15, -0.1) is 0 Å². The molecule has 5 aromatic rings. The Morgan fingerprint density at radius 1 is 0.938 bits per heavy atom. The van der Waals surface area contributed by atoms with Crippen LogP contribution in [0.4, 0.5) is 5.13 Å². The van der Waals surface area contributed by atoms with Crippen molar-refractivity contribution in [2.24, 2.45) is 0 Å². The number of carbonyl (C=O) groups is 1. The van der Waals surface area contributed by atoms with E-state index in [4.69, 9.17) is 4.98 Å². The first kappa shape index (κ1) is 20.3. The van der Waals surface area contributed by atoms with E-state index in [-0.39, 0.29) is 5.91 Å². The standard InChI is InChI=1S/C27H23N3OS/c1-2-21-10-5-11-24-26(21)29-27(32-24)30(18-20-7-6-14-28-17-20)25(31)16-19-12-13-22-8-3-4-9-23(22)15-19/h3-15,17H,2,16,18H2,1H3. The Labute approximate surface area is 191 Å². The molecule has 0 atom stereocenters. The van der Waals surface area contributed by atoms with Crippen molar-refractivity contribution in [2.75, 3.05) is 4.90 Å². The highest BCUT2D eigenvalue weighted by molar-refractivity contribution is 7.22. The summed E-state index contributed by atoms with van der Waals surface area (Å²) in [6, 6.07) is 24.6. The maximum absolute atomic E-state index is 13.6. The number of para-hydroxylation sites is 1. The molecule has 0 unspecified atom stereocenters. The van der Waals surface area contributed by atoms with Gasteiger partial charge in [0.15, 0.2) is 5.13 Å². The van der Waals surface area contributed by atoms with Crippen molar-refractivity contribution < 1.29 is 4.79 Å². The first-order valence-electron chi connectivity index (χ1n) is 10.8. The van der Waals surface area contributed by atoms with E-state index in [2.05, 4.69) is 54.4 Å². The van der Waals surface area contributed by atoms with E-state index in [0.29, 0.717) is 13.0 Å². The van der Waals surface area contributed by atoms with Crippen LogP contribution in [0.1, 0.15) is 23.6 Å². The lowest BCUT2D eigenvalue weighted by atomic mass is 10.0. The fourth-order valence-electron chi connectivity index (χ4n) is 3.95. The third-order valence-electron chi connectivity index (χ3n) is 5.64. The van der Waals surface area contributed by atoms with Crippen LogP contribution < -0.4 is 4.90 Å². The highest BCUT2D eigenvalue weighted by Gasteiger charge is 2.21. The summed E-state index contributed by atoms with van der Waals surface area (Å²) in [5.74, 6) is 0.0289. The average molecular weight is 438 g/mol. The van der Waals surface area contributed by atoms with Crippen LogP contribution in [0.15, 0.2) is 85.2 Å². The van der Waals surface area contributed by atoms with E-state index in [1.54, 1.807) is 28.6 Å². The molecule has 0 fully saturated rings. The Balaban J connectivity index is 1.51. The molecule has 0 N–H and O–H groups in total. The van der Waals surface area contributed by atoms with Crippen LogP contribution in [0.5, 0.6) is 0 Å². The van der Waals surface area contributed by atoms with Crippen molar-refractivity contribution in [3.8, 4) is 0 Å². The first-order valence-corrected chi connectivity index (χ1v) is 11.6. The largest absolute Gasteiger partial charge is 0.283 e. The molecule has 0 aliphatic rings. The number of amides is 1. The highest BCUT2D eigenvalue weighted by atomic mass is 32.1. The molecule has 5 heteroatoms. The maximum atomic E-state index is 13.6. The van der Waals surface area contributed by atoms with Gasteiger partial charge in [0, 0.05) is 12.4 Å². The third kappa shape index (κ3) is 4.12. The third-order valence-corrected chi connectivity index (χ3v) is 6.68. The molecule has 158 valence electrons. The Hall–Kier alpha value is -3.57. The lowest BCUT2D eigenvalue weighted by Gasteiger charge is -2.20. The highest BCUT2D eigenvalue weighted by Crippen LogP contribution is 2.32. The molecule has 0 saturated carbocycles. The molecule has 32 heavy (non-hydrogen) atoms. The normalized spacial score (nSPS) is 11.2. The predicted octanol–water partition coefficient (Wildman–Crippen LogP) is 6.18. The zero-order chi connectivity index (χ0) is 21.9. The van der Waals surface area contributed by atoms with Gasteiger partial charge in [0.2, 0.25) is 5.91 Å². The number of hydrogen-bond donors (Lipinski definition) is 0. The Morgan fingerprint density at radius 2 is 1.81 bits per heavy atom. The van der Waals surface area contributed by atoms with E-state index in [0.717, 1.165) is 38.3 Å². The summed E-state index contributed by atoms with van der Waals surface area (Å²) in [6.45, 7) is 2.58. The van der Waals surface area contributed by atoms with Gasteiger partial charge in [0.1, 0.15) is 0 Å². The second-order valence-corrected chi connectivity index (χ2v) is 8.82. The number of nitrogens with zero attached hydrogens (tertiary/aromatic N) is 3. The van der Waals surface area contributed by atoms with Crippen molar-refractivity contribution in [2.45, 2.75) is 26.3 Å². The summed E-state index contributed by atoms with van der Waals surface area (Å²) >= 11 is 1.57. The Kier molecular flexibility index (Phi) is 5.65. The topological polar surface area (TPSA) is 46.1 Å². The van der Waals surface area contributed by atoms with Gasteiger partial charge in [-0.2, -0.15) is 0 Å². The molecule has 2 heterocycles. The van der Waals surface area contributed by atoms with Gasteiger partial charge in [0.25, 0.3) is 0 Å². The number of pyridine rings is 1. The van der Waals surface area contributed by atoms with E-state index in [9.17, 15) is 4.79 Å². The molecule has 3 aromatic carbocycles. The van der Waals surface area contributed by atoms with Gasteiger partial charge in [-0.25, -0.2) is 4.98 Å². The fraction of sp³-hybridized carbons (Fsp3) is 0.148. The molecule has 2 aromatic heterocycles. The maximum Gasteiger partial charge on any atom is 0.233 e. The SMILES string of the molecule is CCc1cccc2sc(N(Cc3cccnc3)C(=O)Cc3ccc4ccccc4c3)nc12. The van der Waals surface area contributed by atoms with Crippen molar-refractivity contribution in [3.63, 3.8) is 0 Å². The molecule has 0 aliphatic heterocycles. The number of carbonyl (C=O) groups excluding carboxylic acids is 1. The average Bonchev–Trinajstić information content (AvgIpc) is 3.27. The van der Waals surface area contributed by atoms with E-state index in [1.165, 1.54) is 10.9 Å². The second kappa shape index (κ2) is 8.89. The molecule has 0 saturated heterocycles. The van der Waals surface area contributed by atoms with E-state index >= 15 is 0 Å². The zero-order valence-corrected chi connectivity index (χ0v) is 18.7. The van der Waals surface area contributed by atoms with E-state index in [1.807, 2.05) is 30.3 Å². The number of thiazole rings is 1. The summed E-state index contributed by atoms with van der Waals surface area (Å²) in [5, 5.41) is 3.05. The van der Waals surface area contributed by atoms with Crippen molar-refractivity contribution in [3.05, 3.63) is 102 Å². The summed E-state index contributed by atoms with van der Waals surface area (Å²) in [6.07, 6.45) is 4.78. The van der Waals surface area contributed by atoms with Gasteiger partial charge in [-0.3, -0.25) is 14.7 Å². The minimum absolute atomic E-state index is 0.0289. The van der Waals surface area contributed by atoms with Gasteiger partial charge in [-0.05, 0) is 46.0 Å². The second-order valence-electron chi connectivity index (χ2n) is 7.81. The van der Waals surface area contributed by atoms with Crippen LogP contribution in [0.3, 0.4) is 0 Å². The number of anilines is 1. The summed E-state index contributed by atoms with van der Waals surface area (Å²) in [4.78, 5) is 24.5. The van der Waals surface area contributed by atoms with Crippen LogP contribution in [0.2, 0.25) is 0 Å². The zero-order valence-electron chi connectivity index (χ0n) is 17.9. The molecule has 5 rings (SSSR count). The lowest BCUT2D eigenvalue weighted by molar-refractivity contribution is -0.118. The van der Waals surface area contributed by atoms with Crippen LogP contribution in [0.25, 0.3) is 21.0 Å². The van der Waals surface area contributed by atoms with Crippen LogP contribution in [-0.2, 0) is 24.2 Å². The number of benzene rings is 3. The number of fused-ring (bicyclic) bond motifs is 2. The van der Waals surface area contributed by atoms with Crippen LogP contribution in [-0.4, -0.2) is 15.9 Å². The molecular weight excluding hydrogens is 414 g/mol. The minimum atomic E-state index is 0.0289. The van der Waals surface area contributed by atoms with Gasteiger partial charge >= 0.3 is 0 Å². The van der Waals surface area contributed by atoms with Crippen molar-refractivity contribution >= 4 is 43.4 Å².